The van der Waals surface area contributed by atoms with Gasteiger partial charge in [-0.2, -0.15) is 0 Å². The Morgan fingerprint density at radius 1 is 1.22 bits per heavy atom. The molecule has 6 nitrogen and oxygen atoms in total. The zero-order chi connectivity index (χ0) is 13.5. The molecule has 0 spiro atoms. The average Bonchev–Trinajstić information content (AvgIpc) is 2.43. The second-order valence-corrected chi connectivity index (χ2v) is 5.42. The maximum atomic E-state index is 11.7. The molecule has 0 aromatic carbocycles. The molecule has 2 aliphatic rings. The zero-order valence-electron chi connectivity index (χ0n) is 10.7. The van der Waals surface area contributed by atoms with Crippen molar-refractivity contribution in [3.8, 4) is 0 Å². The molecule has 0 aliphatic carbocycles. The minimum atomic E-state index is -0.539. The molecule has 0 bridgehead atoms. The fourth-order valence-corrected chi connectivity index (χ4v) is 1.87. The molecule has 1 saturated heterocycles. The first-order valence-corrected chi connectivity index (χ1v) is 5.81. The van der Waals surface area contributed by atoms with Crippen molar-refractivity contribution in [2.24, 2.45) is 0 Å². The topological polar surface area (TPSA) is 66.9 Å². The van der Waals surface area contributed by atoms with Crippen LogP contribution in [-0.2, 0) is 14.3 Å². The molecule has 0 aromatic rings. The Bertz CT molecular complexity index is 412. The monoisotopic (exact) mass is 252 g/mol. The SMILES string of the molecule is CC(C)(C)OC(=O)N1CC(N2C(=O)C=CC2=O)C1. The van der Waals surface area contributed by atoms with E-state index >= 15 is 0 Å². The van der Waals surface area contributed by atoms with Gasteiger partial charge in [-0.3, -0.25) is 14.5 Å². The molecule has 0 N–H and O–H groups in total. The Balaban J connectivity index is 1.86. The van der Waals surface area contributed by atoms with Crippen molar-refractivity contribution in [1.82, 2.24) is 9.80 Å². The van der Waals surface area contributed by atoms with Gasteiger partial charge in [0.2, 0.25) is 0 Å². The third-order valence-electron chi connectivity index (χ3n) is 2.72. The standard InChI is InChI=1S/C12H16N2O4/c1-12(2,3)18-11(17)13-6-8(7-13)14-9(15)4-5-10(14)16/h4-5,8H,6-7H2,1-3H3. The largest absolute Gasteiger partial charge is 0.444 e. The van der Waals surface area contributed by atoms with Crippen LogP contribution in [0.5, 0.6) is 0 Å². The number of imide groups is 1. The van der Waals surface area contributed by atoms with E-state index in [9.17, 15) is 14.4 Å². The first kappa shape index (κ1) is 12.6. The number of hydrogen-bond acceptors (Lipinski definition) is 4. The van der Waals surface area contributed by atoms with Crippen LogP contribution in [-0.4, -0.2) is 52.4 Å². The number of hydrogen-bond donors (Lipinski definition) is 0. The van der Waals surface area contributed by atoms with E-state index < -0.39 is 11.7 Å². The number of rotatable bonds is 1. The second kappa shape index (κ2) is 4.12. The van der Waals surface area contributed by atoms with Crippen molar-refractivity contribution in [2.45, 2.75) is 32.4 Å². The molecule has 0 atom stereocenters. The molecule has 6 heteroatoms. The summed E-state index contributed by atoms with van der Waals surface area (Å²) in [5, 5.41) is 0. The highest BCUT2D eigenvalue weighted by atomic mass is 16.6. The van der Waals surface area contributed by atoms with E-state index in [1.807, 2.05) is 0 Å². The van der Waals surface area contributed by atoms with Gasteiger partial charge in [-0.1, -0.05) is 0 Å². The maximum Gasteiger partial charge on any atom is 0.410 e. The van der Waals surface area contributed by atoms with E-state index in [0.29, 0.717) is 13.1 Å². The van der Waals surface area contributed by atoms with Gasteiger partial charge in [0, 0.05) is 25.2 Å². The number of nitrogens with zero attached hydrogens (tertiary/aromatic N) is 2. The number of carbonyl (C=O) groups is 3. The van der Waals surface area contributed by atoms with E-state index in [-0.39, 0.29) is 17.9 Å². The van der Waals surface area contributed by atoms with Crippen molar-refractivity contribution >= 4 is 17.9 Å². The van der Waals surface area contributed by atoms with Crippen LogP contribution in [0.3, 0.4) is 0 Å². The van der Waals surface area contributed by atoms with E-state index in [1.54, 1.807) is 20.8 Å². The highest BCUT2D eigenvalue weighted by molar-refractivity contribution is 6.13. The summed E-state index contributed by atoms with van der Waals surface area (Å²) in [6.45, 7) is 6.06. The molecule has 18 heavy (non-hydrogen) atoms. The fourth-order valence-electron chi connectivity index (χ4n) is 1.87. The molecule has 3 amide bonds. The highest BCUT2D eigenvalue weighted by Crippen LogP contribution is 2.21. The molecular formula is C12H16N2O4. The first-order valence-electron chi connectivity index (χ1n) is 5.81. The summed E-state index contributed by atoms with van der Waals surface area (Å²) in [5.74, 6) is -0.623. The Morgan fingerprint density at radius 2 is 1.72 bits per heavy atom. The number of carbonyl (C=O) groups excluding carboxylic acids is 3. The lowest BCUT2D eigenvalue weighted by atomic mass is 10.1. The predicted octanol–water partition coefficient (Wildman–Crippen LogP) is 0.531. The van der Waals surface area contributed by atoms with Crippen molar-refractivity contribution in [3.63, 3.8) is 0 Å². The number of likely N-dealkylation sites (tertiary alicyclic amines) is 1. The molecule has 98 valence electrons. The van der Waals surface area contributed by atoms with Gasteiger partial charge in [0.1, 0.15) is 5.60 Å². The summed E-state index contributed by atoms with van der Waals surface area (Å²) in [6, 6.07) is -0.229. The quantitative estimate of drug-likeness (QED) is 0.638. The van der Waals surface area contributed by atoms with Crippen molar-refractivity contribution in [1.29, 1.82) is 0 Å². The van der Waals surface area contributed by atoms with Crippen LogP contribution in [0.2, 0.25) is 0 Å². The van der Waals surface area contributed by atoms with Gasteiger partial charge < -0.3 is 9.64 Å². The number of ether oxygens (including phenoxy) is 1. The van der Waals surface area contributed by atoms with Crippen molar-refractivity contribution in [2.75, 3.05) is 13.1 Å². The van der Waals surface area contributed by atoms with E-state index in [0.717, 1.165) is 0 Å². The zero-order valence-corrected chi connectivity index (χ0v) is 10.7. The minimum absolute atomic E-state index is 0.229. The van der Waals surface area contributed by atoms with E-state index in [1.165, 1.54) is 22.0 Å². The lowest BCUT2D eigenvalue weighted by Crippen LogP contribution is -2.62. The lowest BCUT2D eigenvalue weighted by Gasteiger charge is -2.42. The van der Waals surface area contributed by atoms with Gasteiger partial charge in [0.05, 0.1) is 6.04 Å². The van der Waals surface area contributed by atoms with Crippen LogP contribution >= 0.6 is 0 Å². The van der Waals surface area contributed by atoms with Gasteiger partial charge >= 0.3 is 6.09 Å². The maximum absolute atomic E-state index is 11.7. The summed E-state index contributed by atoms with van der Waals surface area (Å²) >= 11 is 0. The van der Waals surface area contributed by atoms with Crippen LogP contribution in [0.4, 0.5) is 4.79 Å². The number of amides is 3. The Kier molecular flexibility index (Phi) is 2.88. The van der Waals surface area contributed by atoms with Crippen LogP contribution in [0.25, 0.3) is 0 Å². The molecule has 2 rings (SSSR count). The normalized spacial score (nSPS) is 20.4. The lowest BCUT2D eigenvalue weighted by molar-refractivity contribution is -0.143. The van der Waals surface area contributed by atoms with E-state index in [4.69, 9.17) is 4.74 Å². The van der Waals surface area contributed by atoms with Gasteiger partial charge in [-0.15, -0.1) is 0 Å². The molecule has 2 heterocycles. The summed E-state index contributed by atoms with van der Waals surface area (Å²) < 4.78 is 5.19. The van der Waals surface area contributed by atoms with Crippen molar-refractivity contribution in [3.05, 3.63) is 12.2 Å². The molecule has 0 aromatic heterocycles. The molecular weight excluding hydrogens is 236 g/mol. The van der Waals surface area contributed by atoms with Crippen LogP contribution in [0, 0.1) is 0 Å². The minimum Gasteiger partial charge on any atom is -0.444 e. The third-order valence-corrected chi connectivity index (χ3v) is 2.72. The van der Waals surface area contributed by atoms with Crippen LogP contribution < -0.4 is 0 Å². The molecule has 0 radical (unpaired) electrons. The summed E-state index contributed by atoms with van der Waals surface area (Å²) in [5.41, 5.74) is -0.539. The van der Waals surface area contributed by atoms with Crippen molar-refractivity contribution < 1.29 is 19.1 Å². The Labute approximate surface area is 105 Å². The van der Waals surface area contributed by atoms with Crippen LogP contribution in [0.1, 0.15) is 20.8 Å². The van der Waals surface area contributed by atoms with E-state index in [2.05, 4.69) is 0 Å². The summed E-state index contributed by atoms with van der Waals surface area (Å²) in [7, 11) is 0. The van der Waals surface area contributed by atoms with Gasteiger partial charge in [-0.25, -0.2) is 4.79 Å². The third kappa shape index (κ3) is 2.37. The smallest absolute Gasteiger partial charge is 0.410 e. The summed E-state index contributed by atoms with van der Waals surface area (Å²) in [4.78, 5) is 37.1. The Hall–Kier alpha value is -1.85. The molecule has 0 unspecified atom stereocenters. The van der Waals surface area contributed by atoms with Gasteiger partial charge in [-0.05, 0) is 20.8 Å². The average molecular weight is 252 g/mol. The molecule has 2 aliphatic heterocycles. The second-order valence-electron chi connectivity index (χ2n) is 5.42. The molecule has 0 saturated carbocycles. The highest BCUT2D eigenvalue weighted by Gasteiger charge is 2.42. The molecule has 1 fully saturated rings. The predicted molar refractivity (Wildman–Crippen MR) is 62.6 cm³/mol. The Morgan fingerprint density at radius 3 is 2.17 bits per heavy atom. The first-order chi connectivity index (χ1) is 8.28. The van der Waals surface area contributed by atoms with Crippen LogP contribution in [0.15, 0.2) is 12.2 Å². The summed E-state index contributed by atoms with van der Waals surface area (Å²) in [6.07, 6.45) is 2.09. The fraction of sp³-hybridized carbons (Fsp3) is 0.583. The van der Waals surface area contributed by atoms with Gasteiger partial charge in [0.15, 0.2) is 0 Å². The van der Waals surface area contributed by atoms with Gasteiger partial charge in [0.25, 0.3) is 11.8 Å².